The minimum atomic E-state index is -0.149. The first-order valence-electron chi connectivity index (χ1n) is 4.99. The molecular formula is C12H13NO3. The molecule has 0 saturated heterocycles. The zero-order valence-electron chi connectivity index (χ0n) is 9.08. The Labute approximate surface area is 93.9 Å². The van der Waals surface area contributed by atoms with Crippen molar-refractivity contribution >= 4 is 11.6 Å². The molecule has 0 spiro atoms. The second kappa shape index (κ2) is 4.26. The van der Waals surface area contributed by atoms with Crippen LogP contribution >= 0.6 is 0 Å². The lowest BCUT2D eigenvalue weighted by molar-refractivity contribution is -0.118. The van der Waals surface area contributed by atoms with Gasteiger partial charge in [0, 0.05) is 6.07 Å². The van der Waals surface area contributed by atoms with Gasteiger partial charge in [-0.2, -0.15) is 0 Å². The fourth-order valence-corrected chi connectivity index (χ4v) is 1.36. The SMILES string of the molecule is C=C(C)COc1ccc2c(c1)NC(=O)CO2. The molecule has 4 heteroatoms. The molecule has 1 N–H and O–H groups in total. The maximum absolute atomic E-state index is 11.1. The van der Waals surface area contributed by atoms with Gasteiger partial charge in [-0.25, -0.2) is 0 Å². The van der Waals surface area contributed by atoms with Gasteiger partial charge in [-0.1, -0.05) is 6.58 Å². The van der Waals surface area contributed by atoms with E-state index in [1.54, 1.807) is 18.2 Å². The Balaban J connectivity index is 2.14. The molecule has 0 saturated carbocycles. The van der Waals surface area contributed by atoms with Gasteiger partial charge in [0.2, 0.25) is 0 Å². The van der Waals surface area contributed by atoms with E-state index < -0.39 is 0 Å². The van der Waals surface area contributed by atoms with Gasteiger partial charge in [0.15, 0.2) is 6.61 Å². The summed E-state index contributed by atoms with van der Waals surface area (Å²) < 4.78 is 10.7. The number of carbonyl (C=O) groups excluding carboxylic acids is 1. The van der Waals surface area contributed by atoms with Crippen molar-refractivity contribution in [2.24, 2.45) is 0 Å². The van der Waals surface area contributed by atoms with Crippen LogP contribution in [0.2, 0.25) is 0 Å². The number of hydrogen-bond donors (Lipinski definition) is 1. The third-order valence-electron chi connectivity index (χ3n) is 2.07. The fourth-order valence-electron chi connectivity index (χ4n) is 1.36. The summed E-state index contributed by atoms with van der Waals surface area (Å²) in [5.41, 5.74) is 1.59. The van der Waals surface area contributed by atoms with E-state index in [1.165, 1.54) is 0 Å². The summed E-state index contributed by atoms with van der Waals surface area (Å²) in [6, 6.07) is 5.33. The molecule has 0 atom stereocenters. The topological polar surface area (TPSA) is 47.6 Å². The number of carbonyl (C=O) groups is 1. The Bertz CT molecular complexity index is 440. The quantitative estimate of drug-likeness (QED) is 0.791. The third-order valence-corrected chi connectivity index (χ3v) is 2.07. The minimum absolute atomic E-state index is 0.0684. The summed E-state index contributed by atoms with van der Waals surface area (Å²) in [7, 11) is 0. The summed E-state index contributed by atoms with van der Waals surface area (Å²) in [4.78, 5) is 11.1. The van der Waals surface area contributed by atoms with Gasteiger partial charge in [-0.15, -0.1) is 0 Å². The van der Waals surface area contributed by atoms with Gasteiger partial charge in [-0.05, 0) is 24.6 Å². The van der Waals surface area contributed by atoms with Crippen LogP contribution in [0.3, 0.4) is 0 Å². The number of hydrogen-bond acceptors (Lipinski definition) is 3. The van der Waals surface area contributed by atoms with E-state index in [1.807, 2.05) is 6.92 Å². The van der Waals surface area contributed by atoms with Crippen molar-refractivity contribution in [3.05, 3.63) is 30.4 Å². The maximum Gasteiger partial charge on any atom is 0.262 e. The lowest BCUT2D eigenvalue weighted by atomic mass is 10.2. The number of anilines is 1. The molecular weight excluding hydrogens is 206 g/mol. The highest BCUT2D eigenvalue weighted by molar-refractivity contribution is 5.95. The van der Waals surface area contributed by atoms with Crippen molar-refractivity contribution in [2.75, 3.05) is 18.5 Å². The van der Waals surface area contributed by atoms with Crippen LogP contribution in [-0.2, 0) is 4.79 Å². The molecule has 4 nitrogen and oxygen atoms in total. The molecule has 1 amide bonds. The number of nitrogens with one attached hydrogen (secondary N) is 1. The molecule has 0 aromatic heterocycles. The summed E-state index contributed by atoms with van der Waals surface area (Å²) in [6.45, 7) is 6.18. The summed E-state index contributed by atoms with van der Waals surface area (Å²) in [5, 5.41) is 2.72. The van der Waals surface area contributed by atoms with Gasteiger partial charge in [-0.3, -0.25) is 4.79 Å². The Morgan fingerprint density at radius 3 is 3.19 bits per heavy atom. The molecule has 1 heterocycles. The van der Waals surface area contributed by atoms with Crippen LogP contribution in [0.4, 0.5) is 5.69 Å². The van der Waals surface area contributed by atoms with Crippen LogP contribution in [-0.4, -0.2) is 19.1 Å². The first kappa shape index (κ1) is 10.5. The fraction of sp³-hybridized carbons (Fsp3) is 0.250. The summed E-state index contributed by atoms with van der Waals surface area (Å²) >= 11 is 0. The molecule has 0 radical (unpaired) electrons. The van der Waals surface area contributed by atoms with E-state index in [0.29, 0.717) is 23.8 Å². The largest absolute Gasteiger partial charge is 0.489 e. The molecule has 16 heavy (non-hydrogen) atoms. The molecule has 0 bridgehead atoms. The van der Waals surface area contributed by atoms with E-state index in [2.05, 4.69) is 11.9 Å². The molecule has 0 fully saturated rings. The number of rotatable bonds is 3. The highest BCUT2D eigenvalue weighted by atomic mass is 16.5. The molecule has 84 valence electrons. The summed E-state index contributed by atoms with van der Waals surface area (Å²) in [5.74, 6) is 1.21. The van der Waals surface area contributed by atoms with Crippen molar-refractivity contribution in [3.8, 4) is 11.5 Å². The third kappa shape index (κ3) is 2.34. The number of amides is 1. The second-order valence-corrected chi connectivity index (χ2v) is 3.74. The molecule has 0 unspecified atom stereocenters. The predicted octanol–water partition coefficient (Wildman–Crippen LogP) is 1.97. The van der Waals surface area contributed by atoms with Crippen molar-refractivity contribution in [1.29, 1.82) is 0 Å². The highest BCUT2D eigenvalue weighted by Crippen LogP contribution is 2.31. The van der Waals surface area contributed by atoms with E-state index in [9.17, 15) is 4.79 Å². The van der Waals surface area contributed by atoms with Gasteiger partial charge in [0.1, 0.15) is 18.1 Å². The molecule has 1 aliphatic heterocycles. The molecule has 0 aliphatic carbocycles. The highest BCUT2D eigenvalue weighted by Gasteiger charge is 2.16. The van der Waals surface area contributed by atoms with Crippen LogP contribution in [0.25, 0.3) is 0 Å². The smallest absolute Gasteiger partial charge is 0.262 e. The Morgan fingerprint density at radius 2 is 2.44 bits per heavy atom. The summed E-state index contributed by atoms with van der Waals surface area (Å²) in [6.07, 6.45) is 0. The maximum atomic E-state index is 11.1. The molecule has 1 aromatic rings. The Hall–Kier alpha value is -1.97. The molecule has 1 aliphatic rings. The van der Waals surface area contributed by atoms with Gasteiger partial charge >= 0.3 is 0 Å². The number of benzene rings is 1. The lowest BCUT2D eigenvalue weighted by Crippen LogP contribution is -2.25. The second-order valence-electron chi connectivity index (χ2n) is 3.74. The zero-order valence-corrected chi connectivity index (χ0v) is 9.08. The van der Waals surface area contributed by atoms with E-state index >= 15 is 0 Å². The van der Waals surface area contributed by atoms with Crippen LogP contribution in [0.1, 0.15) is 6.92 Å². The van der Waals surface area contributed by atoms with Crippen molar-refractivity contribution in [3.63, 3.8) is 0 Å². The average Bonchev–Trinajstić information content (AvgIpc) is 2.25. The monoisotopic (exact) mass is 219 g/mol. The van der Waals surface area contributed by atoms with Crippen molar-refractivity contribution < 1.29 is 14.3 Å². The standard InChI is InChI=1S/C12H13NO3/c1-8(2)6-15-9-3-4-11-10(5-9)13-12(14)7-16-11/h3-5H,1,6-7H2,2H3,(H,13,14). The van der Waals surface area contributed by atoms with Crippen LogP contribution in [0, 0.1) is 0 Å². The minimum Gasteiger partial charge on any atom is -0.489 e. The van der Waals surface area contributed by atoms with Crippen molar-refractivity contribution in [1.82, 2.24) is 0 Å². The Kier molecular flexibility index (Phi) is 2.81. The van der Waals surface area contributed by atoms with Crippen LogP contribution in [0.5, 0.6) is 11.5 Å². The zero-order chi connectivity index (χ0) is 11.5. The lowest BCUT2D eigenvalue weighted by Gasteiger charge is -2.18. The van der Waals surface area contributed by atoms with E-state index in [0.717, 1.165) is 5.57 Å². The molecule has 2 rings (SSSR count). The first-order valence-corrected chi connectivity index (χ1v) is 4.99. The first-order chi connectivity index (χ1) is 7.65. The average molecular weight is 219 g/mol. The van der Waals surface area contributed by atoms with Crippen LogP contribution in [0.15, 0.2) is 30.4 Å². The Morgan fingerprint density at radius 1 is 1.62 bits per heavy atom. The number of ether oxygens (including phenoxy) is 2. The van der Waals surface area contributed by atoms with Crippen LogP contribution < -0.4 is 14.8 Å². The van der Waals surface area contributed by atoms with Gasteiger partial charge < -0.3 is 14.8 Å². The predicted molar refractivity (Wildman–Crippen MR) is 60.9 cm³/mol. The van der Waals surface area contributed by atoms with E-state index in [-0.39, 0.29) is 12.5 Å². The normalized spacial score (nSPS) is 13.4. The van der Waals surface area contributed by atoms with E-state index in [4.69, 9.17) is 9.47 Å². The van der Waals surface area contributed by atoms with Crippen molar-refractivity contribution in [2.45, 2.75) is 6.92 Å². The number of fused-ring (bicyclic) bond motifs is 1. The molecule has 1 aromatic carbocycles. The van der Waals surface area contributed by atoms with Gasteiger partial charge in [0.25, 0.3) is 5.91 Å². The van der Waals surface area contributed by atoms with Gasteiger partial charge in [0.05, 0.1) is 5.69 Å².